The lowest BCUT2D eigenvalue weighted by molar-refractivity contribution is 0.503. The van der Waals surface area contributed by atoms with Crippen molar-refractivity contribution in [3.8, 4) is 0 Å². The highest BCUT2D eigenvalue weighted by Gasteiger charge is 2.22. The molecule has 7 heteroatoms. The molecule has 0 radical (unpaired) electrons. The van der Waals surface area contributed by atoms with Gasteiger partial charge in [0, 0.05) is 46.9 Å². The maximum atomic E-state index is 13.4. The Morgan fingerprint density at radius 2 is 1.84 bits per heavy atom. The molecular weight excluding hydrogens is 452 g/mol. The molecule has 0 heterocycles. The van der Waals surface area contributed by atoms with E-state index in [1.54, 1.807) is 19.2 Å². The molecule has 4 nitrogen and oxygen atoms in total. The molecule has 1 aromatic carbocycles. The van der Waals surface area contributed by atoms with Gasteiger partial charge in [-0.1, -0.05) is 26.0 Å². The van der Waals surface area contributed by atoms with Gasteiger partial charge in [0.1, 0.15) is 5.82 Å². The molecule has 25 heavy (non-hydrogen) atoms. The molecule has 2 N–H and O–H groups in total. The summed E-state index contributed by atoms with van der Waals surface area (Å²) in [5.41, 5.74) is 0.688. The molecule has 0 saturated carbocycles. The van der Waals surface area contributed by atoms with Gasteiger partial charge in [0.2, 0.25) is 0 Å². The first-order valence-corrected chi connectivity index (χ1v) is 9.47. The van der Waals surface area contributed by atoms with Crippen LogP contribution < -0.4 is 10.6 Å². The smallest absolute Gasteiger partial charge is 0.191 e. The first-order chi connectivity index (χ1) is 11.1. The maximum Gasteiger partial charge on any atom is 0.191 e. The minimum Gasteiger partial charge on any atom is -0.356 e. The van der Waals surface area contributed by atoms with Gasteiger partial charge in [-0.05, 0) is 38.5 Å². The molecule has 0 aromatic heterocycles. The van der Waals surface area contributed by atoms with E-state index in [9.17, 15) is 8.60 Å². The van der Waals surface area contributed by atoms with Crippen LogP contribution in [0.1, 0.15) is 40.2 Å². The van der Waals surface area contributed by atoms with Crippen LogP contribution in [-0.4, -0.2) is 40.8 Å². The highest BCUT2D eigenvalue weighted by Crippen LogP contribution is 2.22. The molecule has 0 aliphatic carbocycles. The van der Waals surface area contributed by atoms with Gasteiger partial charge in [-0.25, -0.2) is 4.39 Å². The lowest BCUT2D eigenvalue weighted by atomic mass is 9.84. The lowest BCUT2D eigenvalue weighted by Gasteiger charge is -2.27. The monoisotopic (exact) mass is 483 g/mol. The third kappa shape index (κ3) is 8.48. The van der Waals surface area contributed by atoms with Crippen molar-refractivity contribution in [2.75, 3.05) is 25.9 Å². The van der Waals surface area contributed by atoms with Crippen LogP contribution in [0.3, 0.4) is 0 Å². The van der Waals surface area contributed by atoms with Gasteiger partial charge in [0.05, 0.1) is 0 Å². The van der Waals surface area contributed by atoms with E-state index in [4.69, 9.17) is 0 Å². The fourth-order valence-corrected chi connectivity index (χ4v) is 3.00. The quantitative estimate of drug-likeness (QED) is 0.371. The Bertz CT molecular complexity index is 600. The van der Waals surface area contributed by atoms with Crippen molar-refractivity contribution in [3.05, 3.63) is 35.6 Å². The standard InChI is InChI=1S/C18H30FN3OS.HI/c1-17(2,3)24(23)11-10-21-16(20-6)22-13-18(4,5)14-8-7-9-15(19)12-14;/h7-9,12H,10-11,13H2,1-6H3,(H2,20,21,22);1H. The van der Waals surface area contributed by atoms with Crippen LogP contribution in [0.25, 0.3) is 0 Å². The van der Waals surface area contributed by atoms with Crippen molar-refractivity contribution in [2.45, 2.75) is 44.8 Å². The fourth-order valence-electron chi connectivity index (χ4n) is 2.11. The number of nitrogens with one attached hydrogen (secondary N) is 2. The first-order valence-electron chi connectivity index (χ1n) is 8.15. The number of benzene rings is 1. The SMILES string of the molecule is CN=C(NCCS(=O)C(C)(C)C)NCC(C)(C)c1cccc(F)c1.I. The second-order valence-corrected chi connectivity index (χ2v) is 9.73. The van der Waals surface area contributed by atoms with Gasteiger partial charge in [0.15, 0.2) is 5.96 Å². The Morgan fingerprint density at radius 1 is 1.20 bits per heavy atom. The molecule has 0 fully saturated rings. The molecule has 0 amide bonds. The molecule has 1 rings (SSSR count). The van der Waals surface area contributed by atoms with Crippen LogP contribution in [0, 0.1) is 5.82 Å². The van der Waals surface area contributed by atoms with Crippen molar-refractivity contribution < 1.29 is 8.60 Å². The predicted octanol–water partition coefficient (Wildman–Crippen LogP) is 3.43. The van der Waals surface area contributed by atoms with E-state index in [1.165, 1.54) is 6.07 Å². The Morgan fingerprint density at radius 3 is 2.36 bits per heavy atom. The van der Waals surface area contributed by atoms with Gasteiger partial charge >= 0.3 is 0 Å². The predicted molar refractivity (Wildman–Crippen MR) is 117 cm³/mol. The first kappa shape index (κ1) is 24.3. The highest BCUT2D eigenvalue weighted by molar-refractivity contribution is 14.0. The lowest BCUT2D eigenvalue weighted by Crippen LogP contribution is -2.45. The second kappa shape index (κ2) is 10.4. The summed E-state index contributed by atoms with van der Waals surface area (Å²) in [5, 5.41) is 6.44. The minimum absolute atomic E-state index is 0. The van der Waals surface area contributed by atoms with E-state index in [2.05, 4.69) is 29.5 Å². The minimum atomic E-state index is -0.896. The van der Waals surface area contributed by atoms with Crippen LogP contribution in [0.4, 0.5) is 4.39 Å². The summed E-state index contributed by atoms with van der Waals surface area (Å²) in [5.74, 6) is 0.996. The number of halogens is 2. The summed E-state index contributed by atoms with van der Waals surface area (Å²) in [7, 11) is 0.804. The summed E-state index contributed by atoms with van der Waals surface area (Å²) in [4.78, 5) is 4.18. The van der Waals surface area contributed by atoms with Crippen molar-refractivity contribution in [1.29, 1.82) is 0 Å². The van der Waals surface area contributed by atoms with Crippen LogP contribution in [0.5, 0.6) is 0 Å². The van der Waals surface area contributed by atoms with Crippen LogP contribution in [0.2, 0.25) is 0 Å². The molecule has 144 valence electrons. The number of hydrogen-bond donors (Lipinski definition) is 2. The Balaban J connectivity index is 0.00000576. The summed E-state index contributed by atoms with van der Waals surface area (Å²) >= 11 is 0. The zero-order valence-corrected chi connectivity index (χ0v) is 19.1. The number of nitrogens with zero attached hydrogens (tertiary/aromatic N) is 1. The van der Waals surface area contributed by atoms with Gasteiger partial charge in [-0.2, -0.15) is 0 Å². The topological polar surface area (TPSA) is 53.5 Å². The van der Waals surface area contributed by atoms with Gasteiger partial charge in [0.25, 0.3) is 0 Å². The average Bonchev–Trinajstić information content (AvgIpc) is 2.49. The molecule has 1 atom stereocenters. The van der Waals surface area contributed by atoms with Crippen molar-refractivity contribution in [1.82, 2.24) is 10.6 Å². The van der Waals surface area contributed by atoms with E-state index in [-0.39, 0.29) is 40.0 Å². The van der Waals surface area contributed by atoms with Gasteiger partial charge in [-0.15, -0.1) is 24.0 Å². The number of hydrogen-bond acceptors (Lipinski definition) is 2. The number of aliphatic imine (C=N–C) groups is 1. The fraction of sp³-hybridized carbons (Fsp3) is 0.611. The third-order valence-electron chi connectivity index (χ3n) is 3.79. The van der Waals surface area contributed by atoms with Gasteiger partial charge < -0.3 is 10.6 Å². The normalized spacial score (nSPS) is 13.8. The summed E-state index contributed by atoms with van der Waals surface area (Å²) < 4.78 is 25.2. The van der Waals surface area contributed by atoms with Crippen LogP contribution in [0.15, 0.2) is 29.3 Å². The van der Waals surface area contributed by atoms with Crippen molar-refractivity contribution >= 4 is 40.7 Å². The molecule has 0 aliphatic heterocycles. The van der Waals surface area contributed by atoms with Crippen LogP contribution >= 0.6 is 24.0 Å². The Hall–Kier alpha value is -0.700. The largest absolute Gasteiger partial charge is 0.356 e. The molecule has 0 saturated heterocycles. The second-order valence-electron chi connectivity index (χ2n) is 7.41. The van der Waals surface area contributed by atoms with Crippen LogP contribution in [-0.2, 0) is 16.2 Å². The van der Waals surface area contributed by atoms with E-state index in [0.29, 0.717) is 24.8 Å². The van der Waals surface area contributed by atoms with E-state index < -0.39 is 10.8 Å². The van der Waals surface area contributed by atoms with Crippen molar-refractivity contribution in [2.24, 2.45) is 4.99 Å². The van der Waals surface area contributed by atoms with E-state index >= 15 is 0 Å². The number of rotatable bonds is 6. The zero-order chi connectivity index (χ0) is 18.4. The van der Waals surface area contributed by atoms with Crippen molar-refractivity contribution in [3.63, 3.8) is 0 Å². The zero-order valence-electron chi connectivity index (χ0n) is 16.0. The van der Waals surface area contributed by atoms with E-state index in [0.717, 1.165) is 5.56 Å². The summed E-state index contributed by atoms with van der Waals surface area (Å²) in [6, 6.07) is 6.65. The highest BCUT2D eigenvalue weighted by atomic mass is 127. The molecular formula is C18H31FIN3OS. The Kier molecular flexibility index (Phi) is 10.2. The number of guanidine groups is 1. The average molecular weight is 483 g/mol. The molecule has 0 bridgehead atoms. The van der Waals surface area contributed by atoms with Gasteiger partial charge in [-0.3, -0.25) is 9.20 Å². The molecule has 1 unspecified atom stereocenters. The summed E-state index contributed by atoms with van der Waals surface area (Å²) in [6.07, 6.45) is 0. The maximum absolute atomic E-state index is 13.4. The Labute approximate surface area is 170 Å². The molecule has 0 aliphatic rings. The summed E-state index contributed by atoms with van der Waals surface area (Å²) in [6.45, 7) is 11.2. The van der Waals surface area contributed by atoms with E-state index in [1.807, 2.05) is 26.8 Å². The molecule has 0 spiro atoms. The third-order valence-corrected chi connectivity index (χ3v) is 5.73. The molecule has 1 aromatic rings.